The van der Waals surface area contributed by atoms with E-state index in [2.05, 4.69) is 228 Å². The van der Waals surface area contributed by atoms with Crippen LogP contribution in [-0.4, -0.2) is 4.57 Å². The topological polar surface area (TPSA) is 21.3 Å². The highest BCUT2D eigenvalue weighted by Gasteiger charge is 2.16. The minimum atomic E-state index is 0.900. The smallest absolute Gasteiger partial charge is 0.136 e. The van der Waals surface area contributed by atoms with Gasteiger partial charge in [0.05, 0.1) is 11.0 Å². The van der Waals surface area contributed by atoms with Gasteiger partial charge in [0.15, 0.2) is 0 Å². The third-order valence-electron chi connectivity index (χ3n) is 12.2. The van der Waals surface area contributed by atoms with Gasteiger partial charge in [-0.05, 0) is 123 Å². The fourth-order valence-electron chi connectivity index (χ4n) is 9.23. The Morgan fingerprint density at radius 2 is 0.770 bits per heavy atom. The van der Waals surface area contributed by atoms with E-state index in [1.807, 2.05) is 12.1 Å². The van der Waals surface area contributed by atoms with E-state index in [1.54, 1.807) is 0 Å². The molecule has 2 aromatic heterocycles. The Morgan fingerprint density at radius 3 is 1.41 bits per heavy atom. The molecule has 0 aliphatic heterocycles. The molecule has 2 heterocycles. The molecule has 0 saturated carbocycles. The standard InChI is InChI=1S/C58H38N2O/c1-2-12-49-42(10-1)11-9-16-50(49)43-26-35-47(36-27-43)59(46-31-24-41(25-32-46)44-28-37-54-53-15-5-8-19-57(53)61-58(54)38-44)45-29-20-39(21-30-45)40-22-33-48(34-23-40)60-55-17-6-3-13-51(55)52-14-4-7-18-56(52)60/h1-38H. The molecule has 0 aliphatic carbocycles. The summed E-state index contributed by atoms with van der Waals surface area (Å²) in [4.78, 5) is 2.34. The van der Waals surface area contributed by atoms with Crippen LogP contribution in [0.5, 0.6) is 0 Å². The number of para-hydroxylation sites is 3. The predicted molar refractivity (Wildman–Crippen MR) is 257 cm³/mol. The van der Waals surface area contributed by atoms with Gasteiger partial charge in [0, 0.05) is 44.3 Å². The highest BCUT2D eigenvalue weighted by Crippen LogP contribution is 2.40. The molecule has 0 saturated heterocycles. The van der Waals surface area contributed by atoms with Gasteiger partial charge in [-0.1, -0.05) is 152 Å². The third-order valence-corrected chi connectivity index (χ3v) is 12.2. The molecule has 12 aromatic rings. The predicted octanol–water partition coefficient (Wildman–Crippen LogP) is 16.3. The normalized spacial score (nSPS) is 11.6. The van der Waals surface area contributed by atoms with E-state index >= 15 is 0 Å². The maximum absolute atomic E-state index is 6.24. The number of anilines is 3. The van der Waals surface area contributed by atoms with Crippen LogP contribution in [0, 0.1) is 0 Å². The molecule has 0 amide bonds. The lowest BCUT2D eigenvalue weighted by Crippen LogP contribution is -2.09. The largest absolute Gasteiger partial charge is 0.456 e. The second-order valence-corrected chi connectivity index (χ2v) is 15.7. The van der Waals surface area contributed by atoms with Gasteiger partial charge in [0.2, 0.25) is 0 Å². The molecule has 0 radical (unpaired) electrons. The zero-order valence-electron chi connectivity index (χ0n) is 33.2. The number of fused-ring (bicyclic) bond motifs is 7. The van der Waals surface area contributed by atoms with E-state index in [0.29, 0.717) is 0 Å². The lowest BCUT2D eigenvalue weighted by Gasteiger charge is -2.26. The van der Waals surface area contributed by atoms with Gasteiger partial charge in [-0.15, -0.1) is 0 Å². The first-order chi connectivity index (χ1) is 30.2. The highest BCUT2D eigenvalue weighted by molar-refractivity contribution is 6.09. The van der Waals surface area contributed by atoms with Crippen molar-refractivity contribution < 1.29 is 4.42 Å². The number of hydrogen-bond acceptors (Lipinski definition) is 2. The Labute approximate surface area is 353 Å². The van der Waals surface area contributed by atoms with Crippen LogP contribution in [0.4, 0.5) is 17.1 Å². The molecule has 0 N–H and O–H groups in total. The molecule has 12 rings (SSSR count). The molecule has 0 spiro atoms. The van der Waals surface area contributed by atoms with Crippen LogP contribution in [0.1, 0.15) is 0 Å². The zero-order valence-corrected chi connectivity index (χ0v) is 33.2. The van der Waals surface area contributed by atoms with Crippen molar-refractivity contribution in [2.24, 2.45) is 0 Å². The maximum Gasteiger partial charge on any atom is 0.136 e. The van der Waals surface area contributed by atoms with Gasteiger partial charge >= 0.3 is 0 Å². The van der Waals surface area contributed by atoms with Gasteiger partial charge in [-0.2, -0.15) is 0 Å². The quantitative estimate of drug-likeness (QED) is 0.161. The summed E-state index contributed by atoms with van der Waals surface area (Å²) < 4.78 is 8.61. The van der Waals surface area contributed by atoms with E-state index < -0.39 is 0 Å². The van der Waals surface area contributed by atoms with Crippen molar-refractivity contribution in [1.82, 2.24) is 4.57 Å². The van der Waals surface area contributed by atoms with Crippen LogP contribution in [-0.2, 0) is 0 Å². The van der Waals surface area contributed by atoms with Gasteiger partial charge in [0.1, 0.15) is 11.2 Å². The first kappa shape index (κ1) is 34.9. The van der Waals surface area contributed by atoms with Crippen LogP contribution >= 0.6 is 0 Å². The highest BCUT2D eigenvalue weighted by atomic mass is 16.3. The van der Waals surface area contributed by atoms with Gasteiger partial charge in [0.25, 0.3) is 0 Å². The SMILES string of the molecule is c1ccc2c(-c3ccc(N(c4ccc(-c5ccc(-n6c7ccccc7c7ccccc76)cc5)cc4)c4ccc(-c5ccc6c(c5)oc5ccccc56)cc4)cc3)cccc2c1. The number of nitrogens with zero attached hydrogens (tertiary/aromatic N) is 2. The first-order valence-electron chi connectivity index (χ1n) is 20.8. The van der Waals surface area contributed by atoms with E-state index in [0.717, 1.165) is 55.8 Å². The van der Waals surface area contributed by atoms with Crippen molar-refractivity contribution in [1.29, 1.82) is 0 Å². The Hall–Kier alpha value is -8.14. The number of rotatable bonds is 7. The van der Waals surface area contributed by atoms with Crippen molar-refractivity contribution in [2.75, 3.05) is 4.90 Å². The fraction of sp³-hybridized carbons (Fsp3) is 0. The molecule has 3 nitrogen and oxygen atoms in total. The molecule has 0 unspecified atom stereocenters. The molecular formula is C58H38N2O. The summed E-state index contributed by atoms with van der Waals surface area (Å²) in [5, 5.41) is 7.31. The molecular weight excluding hydrogens is 741 g/mol. The third kappa shape index (κ3) is 5.98. The van der Waals surface area contributed by atoms with Gasteiger partial charge < -0.3 is 13.9 Å². The van der Waals surface area contributed by atoms with Crippen LogP contribution in [0.3, 0.4) is 0 Å². The monoisotopic (exact) mass is 778 g/mol. The Balaban J connectivity index is 0.897. The van der Waals surface area contributed by atoms with E-state index in [9.17, 15) is 0 Å². The molecule has 286 valence electrons. The summed E-state index contributed by atoms with van der Waals surface area (Å²) in [5.41, 5.74) is 15.7. The summed E-state index contributed by atoms with van der Waals surface area (Å²) >= 11 is 0. The Kier molecular flexibility index (Phi) is 8.17. The molecule has 0 aliphatic rings. The van der Waals surface area contributed by atoms with Crippen LogP contribution in [0.25, 0.3) is 93.6 Å². The molecule has 0 fully saturated rings. The lowest BCUT2D eigenvalue weighted by atomic mass is 9.98. The fourth-order valence-corrected chi connectivity index (χ4v) is 9.23. The summed E-state index contributed by atoms with van der Waals surface area (Å²) in [6.07, 6.45) is 0. The van der Waals surface area contributed by atoms with Crippen molar-refractivity contribution in [3.8, 4) is 39.1 Å². The zero-order chi connectivity index (χ0) is 40.3. The van der Waals surface area contributed by atoms with E-state index in [4.69, 9.17) is 4.42 Å². The second kappa shape index (κ2) is 14.3. The minimum absolute atomic E-state index is 0.900. The molecule has 3 heteroatoms. The lowest BCUT2D eigenvalue weighted by molar-refractivity contribution is 0.669. The van der Waals surface area contributed by atoms with E-state index in [1.165, 1.54) is 54.8 Å². The summed E-state index contributed by atoms with van der Waals surface area (Å²) in [5.74, 6) is 0. The average molecular weight is 779 g/mol. The molecule has 10 aromatic carbocycles. The second-order valence-electron chi connectivity index (χ2n) is 15.7. The Bertz CT molecular complexity index is 3500. The van der Waals surface area contributed by atoms with Crippen LogP contribution in [0.2, 0.25) is 0 Å². The summed E-state index contributed by atoms with van der Waals surface area (Å²) in [7, 11) is 0. The summed E-state index contributed by atoms with van der Waals surface area (Å²) in [6, 6.07) is 82.9. The van der Waals surface area contributed by atoms with E-state index in [-0.39, 0.29) is 0 Å². The summed E-state index contributed by atoms with van der Waals surface area (Å²) in [6.45, 7) is 0. The Morgan fingerprint density at radius 1 is 0.311 bits per heavy atom. The average Bonchev–Trinajstić information content (AvgIpc) is 3.88. The van der Waals surface area contributed by atoms with Gasteiger partial charge in [-0.25, -0.2) is 0 Å². The molecule has 0 atom stereocenters. The van der Waals surface area contributed by atoms with Crippen molar-refractivity contribution in [3.63, 3.8) is 0 Å². The minimum Gasteiger partial charge on any atom is -0.456 e. The number of aromatic nitrogens is 1. The van der Waals surface area contributed by atoms with Crippen molar-refractivity contribution >= 4 is 71.6 Å². The molecule has 61 heavy (non-hydrogen) atoms. The first-order valence-corrected chi connectivity index (χ1v) is 20.8. The molecule has 0 bridgehead atoms. The number of furan rings is 1. The number of benzene rings is 10. The van der Waals surface area contributed by atoms with Crippen molar-refractivity contribution in [3.05, 3.63) is 231 Å². The maximum atomic E-state index is 6.24. The number of hydrogen-bond donors (Lipinski definition) is 0. The van der Waals surface area contributed by atoms with Crippen LogP contribution in [0.15, 0.2) is 235 Å². The van der Waals surface area contributed by atoms with Gasteiger partial charge in [-0.3, -0.25) is 0 Å². The van der Waals surface area contributed by atoms with Crippen LogP contribution < -0.4 is 4.90 Å². The van der Waals surface area contributed by atoms with Crippen molar-refractivity contribution in [2.45, 2.75) is 0 Å².